The van der Waals surface area contributed by atoms with E-state index in [-0.39, 0.29) is 11.9 Å². The number of aromatic nitrogens is 1. The number of benzene rings is 1. The van der Waals surface area contributed by atoms with Crippen molar-refractivity contribution in [1.82, 2.24) is 10.3 Å². The molecule has 2 aromatic rings. The molecule has 1 amide bonds. The lowest BCUT2D eigenvalue weighted by atomic mass is 10.1. The van der Waals surface area contributed by atoms with Gasteiger partial charge in [-0.25, -0.2) is 4.98 Å². The summed E-state index contributed by atoms with van der Waals surface area (Å²) in [5.41, 5.74) is 7.48. The molecule has 104 valence electrons. The van der Waals surface area contributed by atoms with E-state index in [0.717, 1.165) is 5.56 Å². The molecule has 5 heteroatoms. The van der Waals surface area contributed by atoms with E-state index in [2.05, 4.69) is 10.3 Å². The van der Waals surface area contributed by atoms with Crippen LogP contribution in [0, 0.1) is 5.92 Å². The molecule has 1 atom stereocenters. The van der Waals surface area contributed by atoms with Gasteiger partial charge in [0.1, 0.15) is 0 Å². The van der Waals surface area contributed by atoms with Crippen LogP contribution in [0.2, 0.25) is 0 Å². The fraction of sp³-hybridized carbons (Fsp3) is 0.333. The minimum absolute atomic E-state index is 0.0763. The first kappa shape index (κ1) is 12.9. The summed E-state index contributed by atoms with van der Waals surface area (Å²) in [4.78, 5) is 15.9. The Morgan fingerprint density at radius 2 is 2.15 bits per heavy atom. The molecule has 0 radical (unpaired) electrons. The highest BCUT2D eigenvalue weighted by atomic mass is 16.3. The van der Waals surface area contributed by atoms with Gasteiger partial charge in [-0.15, -0.1) is 0 Å². The molecule has 3 N–H and O–H groups in total. The van der Waals surface area contributed by atoms with Crippen LogP contribution in [0.5, 0.6) is 0 Å². The van der Waals surface area contributed by atoms with Crippen molar-refractivity contribution < 1.29 is 9.21 Å². The van der Waals surface area contributed by atoms with Crippen molar-refractivity contribution in [2.75, 3.05) is 6.54 Å². The maximum absolute atomic E-state index is 12.0. The molecule has 1 heterocycles. The van der Waals surface area contributed by atoms with Crippen molar-refractivity contribution in [2.24, 2.45) is 11.7 Å². The zero-order valence-electron chi connectivity index (χ0n) is 11.1. The average molecular weight is 271 g/mol. The standard InChI is InChI=1S/C15H17N3O2/c16-13(10-1-2-10)7-18-15(19)12-5-3-11(4-6-12)14-8-17-9-20-14/h3-6,8-10,13H,1-2,7,16H2,(H,18,19). The van der Waals surface area contributed by atoms with Gasteiger partial charge in [0, 0.05) is 23.7 Å². The first-order valence-electron chi connectivity index (χ1n) is 6.77. The molecule has 3 rings (SSSR count). The van der Waals surface area contributed by atoms with Gasteiger partial charge in [-0.3, -0.25) is 4.79 Å². The summed E-state index contributed by atoms with van der Waals surface area (Å²) in [7, 11) is 0. The third kappa shape index (κ3) is 2.88. The van der Waals surface area contributed by atoms with Crippen molar-refractivity contribution in [3.05, 3.63) is 42.4 Å². The average Bonchev–Trinajstić information content (AvgIpc) is 3.19. The Balaban J connectivity index is 1.60. The molecule has 1 saturated carbocycles. The largest absolute Gasteiger partial charge is 0.444 e. The Bertz CT molecular complexity index is 574. The lowest BCUT2D eigenvalue weighted by Gasteiger charge is -2.11. The molecule has 1 aromatic carbocycles. The zero-order valence-corrected chi connectivity index (χ0v) is 11.1. The summed E-state index contributed by atoms with van der Waals surface area (Å²) in [6.07, 6.45) is 5.39. The SMILES string of the molecule is NC(CNC(=O)c1ccc(-c2cnco2)cc1)C1CC1. The fourth-order valence-corrected chi connectivity index (χ4v) is 2.15. The molecule has 1 aromatic heterocycles. The smallest absolute Gasteiger partial charge is 0.251 e. The quantitative estimate of drug-likeness (QED) is 0.869. The van der Waals surface area contributed by atoms with Gasteiger partial charge in [-0.05, 0) is 30.9 Å². The van der Waals surface area contributed by atoms with Gasteiger partial charge in [-0.1, -0.05) is 12.1 Å². The van der Waals surface area contributed by atoms with Crippen LogP contribution in [-0.4, -0.2) is 23.5 Å². The summed E-state index contributed by atoms with van der Waals surface area (Å²) in [5, 5.41) is 2.87. The molecule has 0 bridgehead atoms. The second kappa shape index (κ2) is 5.46. The molecule has 1 aliphatic carbocycles. The second-order valence-electron chi connectivity index (χ2n) is 5.15. The van der Waals surface area contributed by atoms with Crippen LogP contribution in [0.15, 0.2) is 41.3 Å². The van der Waals surface area contributed by atoms with Crippen LogP contribution in [0.3, 0.4) is 0 Å². The minimum atomic E-state index is -0.0924. The van der Waals surface area contributed by atoms with Crippen LogP contribution in [0.4, 0.5) is 0 Å². The van der Waals surface area contributed by atoms with Gasteiger partial charge in [0.25, 0.3) is 5.91 Å². The van der Waals surface area contributed by atoms with Gasteiger partial charge < -0.3 is 15.5 Å². The third-order valence-electron chi connectivity index (χ3n) is 3.59. The lowest BCUT2D eigenvalue weighted by Crippen LogP contribution is -2.38. The lowest BCUT2D eigenvalue weighted by molar-refractivity contribution is 0.0950. The van der Waals surface area contributed by atoms with Crippen LogP contribution in [0.1, 0.15) is 23.2 Å². The Kier molecular flexibility index (Phi) is 3.52. The topological polar surface area (TPSA) is 81.1 Å². The number of amides is 1. The normalized spacial score (nSPS) is 15.8. The Labute approximate surface area is 117 Å². The Morgan fingerprint density at radius 1 is 1.40 bits per heavy atom. The van der Waals surface area contributed by atoms with Crippen molar-refractivity contribution in [1.29, 1.82) is 0 Å². The number of rotatable bonds is 5. The van der Waals surface area contributed by atoms with E-state index in [1.165, 1.54) is 19.2 Å². The summed E-state index contributed by atoms with van der Waals surface area (Å²) >= 11 is 0. The van der Waals surface area contributed by atoms with Crippen molar-refractivity contribution in [2.45, 2.75) is 18.9 Å². The van der Waals surface area contributed by atoms with Gasteiger partial charge in [0.2, 0.25) is 0 Å². The summed E-state index contributed by atoms with van der Waals surface area (Å²) < 4.78 is 5.20. The molecule has 0 aliphatic heterocycles. The highest BCUT2D eigenvalue weighted by Gasteiger charge is 2.28. The number of hydrogen-bond donors (Lipinski definition) is 2. The first-order valence-corrected chi connectivity index (χ1v) is 6.77. The highest BCUT2D eigenvalue weighted by molar-refractivity contribution is 5.94. The highest BCUT2D eigenvalue weighted by Crippen LogP contribution is 2.31. The molecule has 20 heavy (non-hydrogen) atoms. The molecule has 0 saturated heterocycles. The van der Waals surface area contributed by atoms with E-state index >= 15 is 0 Å². The summed E-state index contributed by atoms with van der Waals surface area (Å²) in [6, 6.07) is 7.31. The van der Waals surface area contributed by atoms with Crippen molar-refractivity contribution in [3.63, 3.8) is 0 Å². The monoisotopic (exact) mass is 271 g/mol. The molecule has 1 aliphatic rings. The van der Waals surface area contributed by atoms with E-state index in [0.29, 0.717) is 23.8 Å². The molecule has 1 fully saturated rings. The van der Waals surface area contributed by atoms with Crippen LogP contribution < -0.4 is 11.1 Å². The molecule has 1 unspecified atom stereocenters. The predicted molar refractivity (Wildman–Crippen MR) is 75.0 cm³/mol. The van der Waals surface area contributed by atoms with Gasteiger partial charge in [-0.2, -0.15) is 0 Å². The van der Waals surface area contributed by atoms with E-state index in [9.17, 15) is 4.79 Å². The summed E-state index contributed by atoms with van der Waals surface area (Å²) in [6.45, 7) is 0.535. The number of carbonyl (C=O) groups is 1. The van der Waals surface area contributed by atoms with Crippen LogP contribution in [0.25, 0.3) is 11.3 Å². The number of nitrogens with one attached hydrogen (secondary N) is 1. The number of oxazole rings is 1. The van der Waals surface area contributed by atoms with E-state index in [1.54, 1.807) is 18.3 Å². The molecule has 5 nitrogen and oxygen atoms in total. The molecule has 0 spiro atoms. The molecular formula is C15H17N3O2. The van der Waals surface area contributed by atoms with Crippen LogP contribution in [-0.2, 0) is 0 Å². The summed E-state index contributed by atoms with van der Waals surface area (Å²) in [5.74, 6) is 1.18. The molecular weight excluding hydrogens is 254 g/mol. The van der Waals surface area contributed by atoms with E-state index in [4.69, 9.17) is 10.2 Å². The van der Waals surface area contributed by atoms with Crippen molar-refractivity contribution in [3.8, 4) is 11.3 Å². The van der Waals surface area contributed by atoms with E-state index < -0.39 is 0 Å². The Hall–Kier alpha value is -2.14. The minimum Gasteiger partial charge on any atom is -0.444 e. The number of hydrogen-bond acceptors (Lipinski definition) is 4. The number of nitrogens with zero attached hydrogens (tertiary/aromatic N) is 1. The predicted octanol–water partition coefficient (Wildman–Crippen LogP) is 1.81. The number of nitrogens with two attached hydrogens (primary N) is 1. The van der Waals surface area contributed by atoms with Crippen molar-refractivity contribution >= 4 is 5.91 Å². The van der Waals surface area contributed by atoms with Gasteiger partial charge in [0.15, 0.2) is 12.2 Å². The fourth-order valence-electron chi connectivity index (χ4n) is 2.15. The van der Waals surface area contributed by atoms with E-state index in [1.807, 2.05) is 12.1 Å². The zero-order chi connectivity index (χ0) is 13.9. The number of carbonyl (C=O) groups excluding carboxylic acids is 1. The third-order valence-corrected chi connectivity index (χ3v) is 3.59. The maximum Gasteiger partial charge on any atom is 0.251 e. The van der Waals surface area contributed by atoms with Gasteiger partial charge in [0.05, 0.1) is 6.20 Å². The first-order chi connectivity index (χ1) is 9.74. The van der Waals surface area contributed by atoms with Gasteiger partial charge >= 0.3 is 0 Å². The Morgan fingerprint density at radius 3 is 2.75 bits per heavy atom. The van der Waals surface area contributed by atoms with Crippen LogP contribution >= 0.6 is 0 Å². The maximum atomic E-state index is 12.0. The second-order valence-corrected chi connectivity index (χ2v) is 5.15.